The first-order valence-corrected chi connectivity index (χ1v) is 10.1. The molecule has 1 saturated heterocycles. The minimum atomic E-state index is -2.85. The summed E-state index contributed by atoms with van der Waals surface area (Å²) in [5.74, 6) is -1.85. The van der Waals surface area contributed by atoms with Gasteiger partial charge in [0.25, 0.3) is 5.92 Å². The zero-order valence-electron chi connectivity index (χ0n) is 16.7. The number of hydrogen-bond acceptors (Lipinski definition) is 7. The zero-order chi connectivity index (χ0) is 21.2. The molecule has 2 aliphatic rings. The third-order valence-electron chi connectivity index (χ3n) is 5.94. The van der Waals surface area contributed by atoms with Crippen molar-refractivity contribution in [2.24, 2.45) is 0 Å². The van der Waals surface area contributed by atoms with E-state index in [-0.39, 0.29) is 25.1 Å². The highest BCUT2D eigenvalue weighted by atomic mass is 19.3. The molecule has 5 heterocycles. The molecule has 0 unspecified atom stereocenters. The summed E-state index contributed by atoms with van der Waals surface area (Å²) in [6.45, 7) is 0.0427. The quantitative estimate of drug-likeness (QED) is 0.524. The highest BCUT2D eigenvalue weighted by molar-refractivity contribution is 5.84. The molecule has 6 rings (SSSR count). The number of likely N-dealkylation sites (tertiary alicyclic amines) is 1. The van der Waals surface area contributed by atoms with Gasteiger partial charge in [0.15, 0.2) is 0 Å². The second-order valence-electron chi connectivity index (χ2n) is 8.06. The van der Waals surface area contributed by atoms with Gasteiger partial charge in [0.05, 0.1) is 13.7 Å². The molecule has 160 valence electrons. The topological polar surface area (TPSA) is 84.9 Å². The van der Waals surface area contributed by atoms with Gasteiger partial charge in [-0.1, -0.05) is 0 Å². The monoisotopic (exact) mass is 426 g/mol. The molecular formula is C20H20F2N8O. The molecule has 1 aliphatic carbocycles. The first-order valence-electron chi connectivity index (χ1n) is 10.1. The van der Waals surface area contributed by atoms with Crippen molar-refractivity contribution in [2.45, 2.75) is 30.8 Å². The lowest BCUT2D eigenvalue weighted by Gasteiger charge is -2.19. The van der Waals surface area contributed by atoms with Crippen LogP contribution in [0.3, 0.4) is 0 Å². The maximum atomic E-state index is 14.5. The van der Waals surface area contributed by atoms with E-state index in [2.05, 4.69) is 25.4 Å². The Bertz CT molecular complexity index is 1280. The van der Waals surface area contributed by atoms with E-state index in [1.165, 1.54) is 7.11 Å². The summed E-state index contributed by atoms with van der Waals surface area (Å²) in [5, 5.41) is 7.26. The first kappa shape index (κ1) is 18.4. The van der Waals surface area contributed by atoms with E-state index >= 15 is 0 Å². The third-order valence-corrected chi connectivity index (χ3v) is 5.94. The van der Waals surface area contributed by atoms with Gasteiger partial charge in [-0.05, 0) is 18.9 Å². The average Bonchev–Trinajstić information content (AvgIpc) is 3.22. The fourth-order valence-electron chi connectivity index (χ4n) is 4.22. The molecule has 11 heteroatoms. The predicted molar refractivity (Wildman–Crippen MR) is 108 cm³/mol. The number of halogens is 2. The van der Waals surface area contributed by atoms with Crippen LogP contribution in [0.2, 0.25) is 0 Å². The van der Waals surface area contributed by atoms with Crippen molar-refractivity contribution in [3.63, 3.8) is 0 Å². The summed E-state index contributed by atoms with van der Waals surface area (Å²) in [6.07, 6.45) is 10.8. The van der Waals surface area contributed by atoms with Crippen LogP contribution in [-0.4, -0.2) is 72.1 Å². The SMILES string of the molecule is COc1nc(N[C@@H]2CN(C3CC3)CC2(F)F)nn2ccc(-c3cnc4nccn4c3)c12. The number of anilines is 1. The highest BCUT2D eigenvalue weighted by Crippen LogP contribution is 2.37. The molecule has 0 bridgehead atoms. The molecule has 0 spiro atoms. The van der Waals surface area contributed by atoms with Crippen molar-refractivity contribution in [1.29, 1.82) is 0 Å². The molecule has 2 fully saturated rings. The standard InChI is InChI=1S/C20H20F2N8O/c1-31-17-16-14(12-8-24-19-23-5-7-28(19)9-12)4-6-30(16)27-18(26-17)25-15-10-29(13-2-3-13)11-20(15,21)22/h4-9,13,15H,2-3,10-11H2,1H3,(H,25,27)/t15-/m1/s1. The molecular weight excluding hydrogens is 406 g/mol. The Morgan fingerprint density at radius 1 is 1.23 bits per heavy atom. The molecule has 0 aromatic carbocycles. The Hall–Kier alpha value is -3.34. The molecule has 0 amide bonds. The van der Waals surface area contributed by atoms with Gasteiger partial charge in [-0.2, -0.15) is 4.98 Å². The number of ether oxygens (including phenoxy) is 1. The Morgan fingerprint density at radius 2 is 2.10 bits per heavy atom. The molecule has 1 saturated carbocycles. The van der Waals surface area contributed by atoms with E-state index in [1.54, 1.807) is 23.1 Å². The van der Waals surface area contributed by atoms with Crippen LogP contribution in [0.5, 0.6) is 5.88 Å². The Balaban J connectivity index is 1.36. The zero-order valence-corrected chi connectivity index (χ0v) is 16.7. The van der Waals surface area contributed by atoms with E-state index in [9.17, 15) is 8.78 Å². The van der Waals surface area contributed by atoms with Crippen LogP contribution >= 0.6 is 0 Å². The van der Waals surface area contributed by atoms with Crippen molar-refractivity contribution in [2.75, 3.05) is 25.5 Å². The number of nitrogens with zero attached hydrogens (tertiary/aromatic N) is 7. The Kier molecular flexibility index (Phi) is 3.91. The fraction of sp³-hybridized carbons (Fsp3) is 0.400. The number of hydrogen-bond donors (Lipinski definition) is 1. The van der Waals surface area contributed by atoms with Crippen LogP contribution in [0.25, 0.3) is 22.4 Å². The van der Waals surface area contributed by atoms with E-state index in [4.69, 9.17) is 4.74 Å². The molecule has 31 heavy (non-hydrogen) atoms. The molecule has 4 aromatic heterocycles. The number of methoxy groups -OCH3 is 1. The van der Waals surface area contributed by atoms with Crippen molar-refractivity contribution >= 4 is 17.2 Å². The van der Waals surface area contributed by atoms with Crippen LogP contribution in [0.1, 0.15) is 12.8 Å². The molecule has 0 radical (unpaired) electrons. The van der Waals surface area contributed by atoms with E-state index in [0.717, 1.165) is 24.0 Å². The summed E-state index contributed by atoms with van der Waals surface area (Å²) < 4.78 is 38.0. The lowest BCUT2D eigenvalue weighted by Crippen LogP contribution is -2.38. The largest absolute Gasteiger partial charge is 0.479 e. The normalized spacial score (nSPS) is 21.2. The number of rotatable bonds is 5. The Morgan fingerprint density at radius 3 is 2.90 bits per heavy atom. The predicted octanol–water partition coefficient (Wildman–Crippen LogP) is 2.34. The van der Waals surface area contributed by atoms with Crippen LogP contribution < -0.4 is 10.1 Å². The van der Waals surface area contributed by atoms with E-state index in [1.807, 2.05) is 27.8 Å². The van der Waals surface area contributed by atoms with Gasteiger partial charge in [-0.3, -0.25) is 9.30 Å². The highest BCUT2D eigenvalue weighted by Gasteiger charge is 2.51. The second kappa shape index (κ2) is 6.58. The minimum absolute atomic E-state index is 0.108. The van der Waals surface area contributed by atoms with Gasteiger partial charge in [0, 0.05) is 54.7 Å². The maximum Gasteiger partial charge on any atom is 0.281 e. The van der Waals surface area contributed by atoms with Crippen LogP contribution in [0.4, 0.5) is 14.7 Å². The molecule has 1 aliphatic heterocycles. The van der Waals surface area contributed by atoms with Crippen molar-refractivity contribution in [3.8, 4) is 17.0 Å². The molecule has 1 atom stereocenters. The lowest BCUT2D eigenvalue weighted by molar-refractivity contribution is 0.00317. The van der Waals surface area contributed by atoms with Gasteiger partial charge in [-0.25, -0.2) is 23.3 Å². The van der Waals surface area contributed by atoms with E-state index < -0.39 is 12.0 Å². The summed E-state index contributed by atoms with van der Waals surface area (Å²) in [6, 6.07) is 1.11. The van der Waals surface area contributed by atoms with E-state index in [0.29, 0.717) is 17.2 Å². The number of fused-ring (bicyclic) bond motifs is 2. The molecule has 9 nitrogen and oxygen atoms in total. The van der Waals surface area contributed by atoms with Gasteiger partial charge >= 0.3 is 0 Å². The van der Waals surface area contributed by atoms with Gasteiger partial charge < -0.3 is 10.1 Å². The lowest BCUT2D eigenvalue weighted by atomic mass is 10.1. The van der Waals surface area contributed by atoms with Crippen molar-refractivity contribution < 1.29 is 13.5 Å². The average molecular weight is 426 g/mol. The van der Waals surface area contributed by atoms with Crippen LogP contribution in [-0.2, 0) is 0 Å². The summed E-state index contributed by atoms with van der Waals surface area (Å²) in [4.78, 5) is 14.7. The smallest absolute Gasteiger partial charge is 0.281 e. The molecule has 4 aromatic rings. The van der Waals surface area contributed by atoms with Crippen LogP contribution in [0, 0.1) is 0 Å². The van der Waals surface area contributed by atoms with Crippen molar-refractivity contribution in [3.05, 3.63) is 37.1 Å². The Labute approximate surface area is 175 Å². The van der Waals surface area contributed by atoms with Crippen molar-refractivity contribution in [1.82, 2.24) is 33.9 Å². The number of aromatic nitrogens is 6. The summed E-state index contributed by atoms with van der Waals surface area (Å²) >= 11 is 0. The van der Waals surface area contributed by atoms with Gasteiger partial charge in [-0.15, -0.1) is 5.10 Å². The second-order valence-corrected chi connectivity index (χ2v) is 8.06. The summed E-state index contributed by atoms with van der Waals surface area (Å²) in [7, 11) is 1.50. The van der Waals surface area contributed by atoms with Gasteiger partial charge in [0.1, 0.15) is 11.6 Å². The maximum absolute atomic E-state index is 14.5. The third kappa shape index (κ3) is 3.07. The summed E-state index contributed by atoms with van der Waals surface area (Å²) in [5.41, 5.74) is 2.28. The number of imidazole rings is 1. The first-order chi connectivity index (χ1) is 15.0. The number of alkyl halides is 2. The molecule has 1 N–H and O–H groups in total. The fourth-order valence-corrected chi connectivity index (χ4v) is 4.22. The minimum Gasteiger partial charge on any atom is -0.479 e. The number of nitrogens with one attached hydrogen (secondary N) is 1. The van der Waals surface area contributed by atoms with Crippen LogP contribution in [0.15, 0.2) is 37.1 Å². The van der Waals surface area contributed by atoms with Gasteiger partial charge in [0.2, 0.25) is 17.6 Å².